The lowest BCUT2D eigenvalue weighted by Crippen LogP contribution is -2.50. The molecule has 7 nitrogen and oxygen atoms in total. The van der Waals surface area contributed by atoms with E-state index in [4.69, 9.17) is 26.2 Å². The van der Waals surface area contributed by atoms with E-state index >= 15 is 0 Å². The highest BCUT2D eigenvalue weighted by Crippen LogP contribution is 2.17. The number of carbonyl (C=O) groups excluding carboxylic acids is 1. The fourth-order valence-corrected chi connectivity index (χ4v) is 2.67. The van der Waals surface area contributed by atoms with Gasteiger partial charge in [-0.15, -0.1) is 0 Å². The summed E-state index contributed by atoms with van der Waals surface area (Å²) in [7, 11) is 1.71. The van der Waals surface area contributed by atoms with Crippen molar-refractivity contribution in [1.29, 1.82) is 0 Å². The summed E-state index contributed by atoms with van der Waals surface area (Å²) in [5.41, 5.74) is 0. The van der Waals surface area contributed by atoms with E-state index in [1.807, 2.05) is 0 Å². The fourth-order valence-electron chi connectivity index (χ4n) is 2.49. The third-order valence-corrected chi connectivity index (χ3v) is 3.81. The number of nitrogens with zero attached hydrogens (tertiary/aromatic N) is 2. The van der Waals surface area contributed by atoms with Gasteiger partial charge in [0.25, 0.3) is 5.91 Å². The van der Waals surface area contributed by atoms with Gasteiger partial charge in [0.05, 0.1) is 19.3 Å². The van der Waals surface area contributed by atoms with E-state index in [0.29, 0.717) is 37.0 Å². The van der Waals surface area contributed by atoms with Crippen molar-refractivity contribution in [2.45, 2.75) is 6.10 Å². The van der Waals surface area contributed by atoms with E-state index in [-0.39, 0.29) is 25.2 Å². The normalized spacial score (nSPS) is 17.8. The average Bonchev–Trinajstić information content (AvgIpc) is 2.52. The van der Waals surface area contributed by atoms with Gasteiger partial charge in [-0.2, -0.15) is 0 Å². The van der Waals surface area contributed by atoms with E-state index in [2.05, 4.69) is 0 Å². The quantitative estimate of drug-likeness (QED) is 0.784. The van der Waals surface area contributed by atoms with E-state index in [1.54, 1.807) is 41.1 Å². The Morgan fingerprint density at radius 2 is 2.29 bits per heavy atom. The van der Waals surface area contributed by atoms with Gasteiger partial charge in [0.2, 0.25) is 0 Å². The summed E-state index contributed by atoms with van der Waals surface area (Å²) in [6.07, 6.45) is -0.210. The Morgan fingerprint density at radius 3 is 3.00 bits per heavy atom. The Hall–Kier alpha value is -1.83. The van der Waals surface area contributed by atoms with Gasteiger partial charge in [-0.3, -0.25) is 14.5 Å². The number of carbonyl (C=O) groups is 2. The second kappa shape index (κ2) is 8.86. The SMILES string of the molecule is CN(CC(=O)O)CC1CN(C(=O)COc2cccc(Cl)c2)CCO1. The predicted octanol–water partition coefficient (Wildman–Crippen LogP) is 0.963. The van der Waals surface area contributed by atoms with Crippen LogP contribution in [0.3, 0.4) is 0 Å². The molecular formula is C16H21ClN2O5. The number of likely N-dealkylation sites (N-methyl/N-ethyl adjacent to an activating group) is 1. The van der Waals surface area contributed by atoms with Gasteiger partial charge in [-0.05, 0) is 25.2 Å². The van der Waals surface area contributed by atoms with Crippen molar-refractivity contribution in [3.8, 4) is 5.75 Å². The van der Waals surface area contributed by atoms with Crippen molar-refractivity contribution in [2.24, 2.45) is 0 Å². The molecule has 0 bridgehead atoms. The summed E-state index contributed by atoms with van der Waals surface area (Å²) in [5, 5.41) is 9.33. The minimum atomic E-state index is -0.892. The van der Waals surface area contributed by atoms with Crippen LogP contribution in [0.4, 0.5) is 0 Å². The molecule has 1 N–H and O–H groups in total. The third kappa shape index (κ3) is 5.99. The maximum Gasteiger partial charge on any atom is 0.317 e. The average molecular weight is 357 g/mol. The smallest absolute Gasteiger partial charge is 0.317 e. The van der Waals surface area contributed by atoms with E-state index in [1.165, 1.54) is 0 Å². The molecule has 1 aromatic carbocycles. The number of aliphatic carboxylic acids is 1. The third-order valence-electron chi connectivity index (χ3n) is 3.57. The molecule has 0 saturated carbocycles. The zero-order valence-electron chi connectivity index (χ0n) is 13.5. The lowest BCUT2D eigenvalue weighted by Gasteiger charge is -2.34. The molecule has 24 heavy (non-hydrogen) atoms. The molecule has 8 heteroatoms. The molecule has 132 valence electrons. The van der Waals surface area contributed by atoms with Gasteiger partial charge >= 0.3 is 5.97 Å². The number of morpholine rings is 1. The molecule has 1 fully saturated rings. The van der Waals surface area contributed by atoms with Crippen LogP contribution in [0.15, 0.2) is 24.3 Å². The zero-order chi connectivity index (χ0) is 17.5. The van der Waals surface area contributed by atoms with E-state index < -0.39 is 5.97 Å². The molecule has 0 aliphatic carbocycles. The van der Waals surface area contributed by atoms with Gasteiger partial charge in [0, 0.05) is 24.7 Å². The van der Waals surface area contributed by atoms with Crippen LogP contribution >= 0.6 is 11.6 Å². The second-order valence-electron chi connectivity index (χ2n) is 5.67. The largest absolute Gasteiger partial charge is 0.484 e. The molecule has 0 aromatic heterocycles. The first kappa shape index (κ1) is 18.5. The number of benzene rings is 1. The maximum absolute atomic E-state index is 12.3. The number of carboxylic acid groups (broad SMARTS) is 1. The zero-order valence-corrected chi connectivity index (χ0v) is 14.2. The number of hydrogen-bond acceptors (Lipinski definition) is 5. The van der Waals surface area contributed by atoms with Crippen LogP contribution < -0.4 is 4.74 Å². The molecule has 1 aromatic rings. The number of rotatable bonds is 7. The second-order valence-corrected chi connectivity index (χ2v) is 6.11. The number of ether oxygens (including phenoxy) is 2. The summed E-state index contributed by atoms with van der Waals surface area (Å²) in [6.45, 7) is 1.65. The number of hydrogen-bond donors (Lipinski definition) is 1. The van der Waals surface area contributed by atoms with Crippen LogP contribution in [-0.4, -0.2) is 79.3 Å². The molecule has 1 heterocycles. The van der Waals surface area contributed by atoms with E-state index in [0.717, 1.165) is 0 Å². The first-order valence-corrected chi connectivity index (χ1v) is 8.00. The first-order chi connectivity index (χ1) is 11.4. The highest BCUT2D eigenvalue weighted by atomic mass is 35.5. The van der Waals surface area contributed by atoms with Crippen molar-refractivity contribution in [3.05, 3.63) is 29.3 Å². The molecule has 2 rings (SSSR count). The van der Waals surface area contributed by atoms with Crippen molar-refractivity contribution in [2.75, 3.05) is 46.4 Å². The van der Waals surface area contributed by atoms with Gasteiger partial charge < -0.3 is 19.5 Å². The molecule has 0 radical (unpaired) electrons. The standard InChI is InChI=1S/C16H21ClN2O5/c1-18(10-16(21)22)8-14-9-19(5-6-23-14)15(20)11-24-13-4-2-3-12(17)7-13/h2-4,7,14H,5-6,8-11H2,1H3,(H,21,22). The Labute approximate surface area is 145 Å². The van der Waals surface area contributed by atoms with Crippen molar-refractivity contribution < 1.29 is 24.2 Å². The van der Waals surface area contributed by atoms with Crippen LogP contribution in [0, 0.1) is 0 Å². The lowest BCUT2D eigenvalue weighted by atomic mass is 10.2. The highest BCUT2D eigenvalue weighted by Gasteiger charge is 2.25. The van der Waals surface area contributed by atoms with Gasteiger partial charge in [0.1, 0.15) is 5.75 Å². The van der Waals surface area contributed by atoms with Crippen LogP contribution in [0.2, 0.25) is 5.02 Å². The Morgan fingerprint density at radius 1 is 1.50 bits per heavy atom. The van der Waals surface area contributed by atoms with Gasteiger partial charge in [-0.1, -0.05) is 17.7 Å². The lowest BCUT2D eigenvalue weighted by molar-refractivity contribution is -0.143. The van der Waals surface area contributed by atoms with E-state index in [9.17, 15) is 9.59 Å². The molecule has 1 aliphatic heterocycles. The number of halogens is 1. The minimum absolute atomic E-state index is 0.0638. The summed E-state index contributed by atoms with van der Waals surface area (Å²) >= 11 is 5.87. The topological polar surface area (TPSA) is 79.3 Å². The van der Waals surface area contributed by atoms with Crippen molar-refractivity contribution in [1.82, 2.24) is 9.80 Å². The summed E-state index contributed by atoms with van der Waals surface area (Å²) in [6, 6.07) is 6.88. The van der Waals surface area contributed by atoms with Crippen LogP contribution in [0.25, 0.3) is 0 Å². The fraction of sp³-hybridized carbons (Fsp3) is 0.500. The predicted molar refractivity (Wildman–Crippen MR) is 88.4 cm³/mol. The molecule has 1 atom stereocenters. The van der Waals surface area contributed by atoms with Crippen molar-refractivity contribution >= 4 is 23.5 Å². The Kier molecular flexibility index (Phi) is 6.84. The highest BCUT2D eigenvalue weighted by molar-refractivity contribution is 6.30. The van der Waals surface area contributed by atoms with Gasteiger partial charge in [0.15, 0.2) is 6.61 Å². The van der Waals surface area contributed by atoms with Crippen LogP contribution in [0.5, 0.6) is 5.75 Å². The summed E-state index contributed by atoms with van der Waals surface area (Å²) in [4.78, 5) is 26.3. The maximum atomic E-state index is 12.3. The molecular weight excluding hydrogens is 336 g/mol. The number of carboxylic acids is 1. The van der Waals surface area contributed by atoms with Crippen molar-refractivity contribution in [3.63, 3.8) is 0 Å². The monoisotopic (exact) mass is 356 g/mol. The summed E-state index contributed by atoms with van der Waals surface area (Å²) in [5.74, 6) is -0.484. The molecule has 1 aliphatic rings. The Balaban J connectivity index is 1.80. The molecule has 1 saturated heterocycles. The van der Waals surface area contributed by atoms with Gasteiger partial charge in [-0.25, -0.2) is 0 Å². The number of amides is 1. The molecule has 1 amide bonds. The van der Waals surface area contributed by atoms with Crippen LogP contribution in [0.1, 0.15) is 0 Å². The minimum Gasteiger partial charge on any atom is -0.484 e. The van der Waals surface area contributed by atoms with Crippen LogP contribution in [-0.2, 0) is 14.3 Å². The first-order valence-electron chi connectivity index (χ1n) is 7.62. The Bertz CT molecular complexity index is 583. The molecule has 0 spiro atoms. The molecule has 1 unspecified atom stereocenters. The summed E-state index contributed by atoms with van der Waals surface area (Å²) < 4.78 is 11.1.